The van der Waals surface area contributed by atoms with Crippen LogP contribution in [0.15, 0.2) is 16.8 Å². The molecule has 2 aromatic rings. The Hall–Kier alpha value is -1.93. The van der Waals surface area contributed by atoms with Gasteiger partial charge in [-0.25, -0.2) is 5.84 Å². The lowest BCUT2D eigenvalue weighted by Gasteiger charge is -2.10. The first-order valence-electron chi connectivity index (χ1n) is 5.81. The van der Waals surface area contributed by atoms with Crippen LogP contribution in [0.25, 0.3) is 0 Å². The zero-order valence-electron chi connectivity index (χ0n) is 10.8. The van der Waals surface area contributed by atoms with Gasteiger partial charge in [0.15, 0.2) is 0 Å². The number of nitrogens with two attached hydrogens (primary N) is 1. The summed E-state index contributed by atoms with van der Waals surface area (Å²) in [5.74, 6) is 6.01. The van der Waals surface area contributed by atoms with E-state index in [4.69, 9.17) is 10.6 Å². The van der Waals surface area contributed by atoms with Gasteiger partial charge in [0, 0.05) is 6.54 Å². The number of nitrogens with one attached hydrogen (secondary N) is 2. The molecule has 0 saturated heterocycles. The molecule has 0 bridgehead atoms. The van der Waals surface area contributed by atoms with Gasteiger partial charge in [0.05, 0.1) is 6.10 Å². The Morgan fingerprint density at radius 3 is 2.74 bits per heavy atom. The Morgan fingerprint density at radius 1 is 1.32 bits per heavy atom. The zero-order valence-corrected chi connectivity index (χ0v) is 11.6. The van der Waals surface area contributed by atoms with Crippen molar-refractivity contribution < 1.29 is 4.74 Å². The third kappa shape index (κ3) is 4.04. The summed E-state index contributed by atoms with van der Waals surface area (Å²) in [5.41, 5.74) is 3.56. The highest BCUT2D eigenvalue weighted by atomic mass is 32.1. The number of aromatic nitrogens is 3. The summed E-state index contributed by atoms with van der Waals surface area (Å²) in [5, 5.41) is 7.18. The van der Waals surface area contributed by atoms with E-state index in [-0.39, 0.29) is 18.1 Å². The van der Waals surface area contributed by atoms with Crippen molar-refractivity contribution in [3.8, 4) is 6.01 Å². The van der Waals surface area contributed by atoms with Crippen molar-refractivity contribution in [1.82, 2.24) is 15.0 Å². The summed E-state index contributed by atoms with van der Waals surface area (Å²) in [4.78, 5) is 12.3. The van der Waals surface area contributed by atoms with Crippen LogP contribution in [-0.2, 0) is 6.54 Å². The minimum absolute atomic E-state index is 0.0160. The minimum atomic E-state index is -0.0160. The standard InChI is InChI=1S/C11H16N6OS/c1-7(2)18-11-15-9(14-10(16-11)17-12)13-5-8-3-4-19-6-8/h3-4,6-7H,5,12H2,1-2H3,(H2,13,14,15,16,17). The number of ether oxygens (including phenoxy) is 1. The van der Waals surface area contributed by atoms with Gasteiger partial charge in [0.25, 0.3) is 0 Å². The minimum Gasteiger partial charge on any atom is -0.461 e. The Balaban J connectivity index is 2.09. The van der Waals surface area contributed by atoms with Crippen molar-refractivity contribution >= 4 is 23.2 Å². The fraction of sp³-hybridized carbons (Fsp3) is 0.364. The van der Waals surface area contributed by atoms with Gasteiger partial charge in [-0.1, -0.05) is 0 Å². The van der Waals surface area contributed by atoms with Crippen molar-refractivity contribution in [3.63, 3.8) is 0 Å². The van der Waals surface area contributed by atoms with E-state index >= 15 is 0 Å². The molecule has 19 heavy (non-hydrogen) atoms. The van der Waals surface area contributed by atoms with E-state index < -0.39 is 0 Å². The molecule has 0 aliphatic rings. The lowest BCUT2D eigenvalue weighted by atomic mass is 10.3. The first kappa shape index (κ1) is 13.5. The molecule has 2 aromatic heterocycles. The Morgan fingerprint density at radius 2 is 2.11 bits per heavy atom. The molecule has 0 aliphatic carbocycles. The molecule has 7 nitrogen and oxygen atoms in total. The molecule has 0 amide bonds. The van der Waals surface area contributed by atoms with Crippen LogP contribution in [0.5, 0.6) is 6.01 Å². The highest BCUT2D eigenvalue weighted by molar-refractivity contribution is 7.07. The van der Waals surface area contributed by atoms with Gasteiger partial charge in [-0.2, -0.15) is 26.3 Å². The molecule has 2 rings (SSSR count). The third-order valence-electron chi connectivity index (χ3n) is 2.12. The second-order valence-electron chi connectivity index (χ2n) is 4.06. The van der Waals surface area contributed by atoms with Crippen molar-refractivity contribution in [2.45, 2.75) is 26.5 Å². The van der Waals surface area contributed by atoms with Gasteiger partial charge in [-0.3, -0.25) is 5.43 Å². The predicted octanol–water partition coefficient (Wildman–Crippen LogP) is 1.62. The number of nitrogens with zero attached hydrogens (tertiary/aromatic N) is 3. The van der Waals surface area contributed by atoms with Gasteiger partial charge in [0.1, 0.15) is 0 Å². The van der Waals surface area contributed by atoms with Crippen LogP contribution in [0, 0.1) is 0 Å². The van der Waals surface area contributed by atoms with Gasteiger partial charge < -0.3 is 10.1 Å². The Bertz CT molecular complexity index is 516. The van der Waals surface area contributed by atoms with E-state index in [0.29, 0.717) is 12.5 Å². The Labute approximate surface area is 115 Å². The van der Waals surface area contributed by atoms with Crippen molar-refractivity contribution in [2.24, 2.45) is 5.84 Å². The van der Waals surface area contributed by atoms with Crippen LogP contribution in [0.4, 0.5) is 11.9 Å². The maximum absolute atomic E-state index is 5.44. The second kappa shape index (κ2) is 6.30. The fourth-order valence-corrected chi connectivity index (χ4v) is 2.01. The van der Waals surface area contributed by atoms with Crippen LogP contribution in [-0.4, -0.2) is 21.1 Å². The summed E-state index contributed by atoms with van der Waals surface area (Å²) in [6.07, 6.45) is -0.0160. The second-order valence-corrected chi connectivity index (χ2v) is 4.84. The van der Waals surface area contributed by atoms with E-state index in [9.17, 15) is 0 Å². The number of hydrazine groups is 1. The molecule has 0 fully saturated rings. The highest BCUT2D eigenvalue weighted by Crippen LogP contribution is 2.13. The fourth-order valence-electron chi connectivity index (χ4n) is 1.34. The lowest BCUT2D eigenvalue weighted by Crippen LogP contribution is -2.16. The first-order chi connectivity index (χ1) is 9.17. The van der Waals surface area contributed by atoms with E-state index in [2.05, 4.69) is 31.1 Å². The number of hydrogen-bond donors (Lipinski definition) is 3. The van der Waals surface area contributed by atoms with Gasteiger partial charge in [-0.15, -0.1) is 0 Å². The molecule has 8 heteroatoms. The molecular formula is C11H16N6OS. The van der Waals surface area contributed by atoms with Gasteiger partial charge >= 0.3 is 6.01 Å². The van der Waals surface area contributed by atoms with Crippen molar-refractivity contribution in [2.75, 3.05) is 10.7 Å². The van der Waals surface area contributed by atoms with Crippen LogP contribution in [0.2, 0.25) is 0 Å². The van der Waals surface area contributed by atoms with Crippen LogP contribution >= 0.6 is 11.3 Å². The summed E-state index contributed by atoms with van der Waals surface area (Å²) in [7, 11) is 0. The Kier molecular flexibility index (Phi) is 4.48. The summed E-state index contributed by atoms with van der Waals surface area (Å²) in [6, 6.07) is 2.28. The monoisotopic (exact) mass is 280 g/mol. The molecule has 0 spiro atoms. The molecule has 0 saturated carbocycles. The topological polar surface area (TPSA) is 98.0 Å². The van der Waals surface area contributed by atoms with E-state index in [0.717, 1.165) is 0 Å². The molecule has 0 radical (unpaired) electrons. The normalized spacial score (nSPS) is 10.5. The lowest BCUT2D eigenvalue weighted by molar-refractivity contribution is 0.222. The van der Waals surface area contributed by atoms with Crippen LogP contribution < -0.4 is 21.3 Å². The maximum atomic E-state index is 5.44. The highest BCUT2D eigenvalue weighted by Gasteiger charge is 2.08. The quantitative estimate of drug-likeness (QED) is 0.546. The number of nitrogen functional groups attached to an aromatic ring is 1. The average molecular weight is 280 g/mol. The molecule has 0 unspecified atom stereocenters. The SMILES string of the molecule is CC(C)Oc1nc(NN)nc(NCc2ccsc2)n1. The number of anilines is 2. The van der Waals surface area contributed by atoms with E-state index in [1.807, 2.05) is 25.3 Å². The molecule has 0 aliphatic heterocycles. The largest absolute Gasteiger partial charge is 0.461 e. The number of thiophene rings is 1. The summed E-state index contributed by atoms with van der Waals surface area (Å²) in [6.45, 7) is 4.44. The molecule has 2 heterocycles. The summed E-state index contributed by atoms with van der Waals surface area (Å²) >= 11 is 1.64. The van der Waals surface area contributed by atoms with Crippen molar-refractivity contribution in [3.05, 3.63) is 22.4 Å². The molecule has 4 N–H and O–H groups in total. The van der Waals surface area contributed by atoms with E-state index in [1.165, 1.54) is 5.56 Å². The van der Waals surface area contributed by atoms with Gasteiger partial charge in [-0.05, 0) is 36.2 Å². The van der Waals surface area contributed by atoms with Crippen molar-refractivity contribution in [1.29, 1.82) is 0 Å². The molecule has 0 atom stereocenters. The van der Waals surface area contributed by atoms with Crippen LogP contribution in [0.1, 0.15) is 19.4 Å². The summed E-state index contributed by atoms with van der Waals surface area (Å²) < 4.78 is 5.44. The number of hydrogen-bond acceptors (Lipinski definition) is 8. The van der Waals surface area contributed by atoms with Crippen LogP contribution in [0.3, 0.4) is 0 Å². The molecule has 0 aromatic carbocycles. The molecular weight excluding hydrogens is 264 g/mol. The molecule has 102 valence electrons. The third-order valence-corrected chi connectivity index (χ3v) is 2.85. The average Bonchev–Trinajstić information content (AvgIpc) is 2.88. The van der Waals surface area contributed by atoms with Gasteiger partial charge in [0.2, 0.25) is 11.9 Å². The zero-order chi connectivity index (χ0) is 13.7. The smallest absolute Gasteiger partial charge is 0.323 e. The first-order valence-corrected chi connectivity index (χ1v) is 6.76. The predicted molar refractivity (Wildman–Crippen MR) is 75.0 cm³/mol. The maximum Gasteiger partial charge on any atom is 0.323 e. The van der Waals surface area contributed by atoms with E-state index in [1.54, 1.807) is 11.3 Å². The number of rotatable bonds is 6.